The molecule has 0 bridgehead atoms. The highest BCUT2D eigenvalue weighted by atomic mass is 79.9. The summed E-state index contributed by atoms with van der Waals surface area (Å²) in [6.07, 6.45) is 2.89. The van der Waals surface area contributed by atoms with Crippen molar-refractivity contribution < 1.29 is 4.42 Å². The first kappa shape index (κ1) is 7.69. The van der Waals surface area contributed by atoms with Crippen molar-refractivity contribution in [3.05, 3.63) is 22.6 Å². The fourth-order valence-electron chi connectivity index (χ4n) is 1.31. The lowest BCUT2D eigenvalue weighted by atomic mass is 10.3. The molecule has 0 N–H and O–H groups in total. The van der Waals surface area contributed by atoms with Gasteiger partial charge in [-0.15, -0.1) is 11.6 Å². The lowest BCUT2D eigenvalue weighted by Gasteiger charge is -1.92. The van der Waals surface area contributed by atoms with Gasteiger partial charge in [-0.25, -0.2) is 0 Å². The summed E-state index contributed by atoms with van der Waals surface area (Å²) in [6.45, 7) is 0. The van der Waals surface area contributed by atoms with Crippen molar-refractivity contribution in [3.63, 3.8) is 0 Å². The fraction of sp³-hybridized carbons (Fsp3) is 0.500. The van der Waals surface area contributed by atoms with E-state index in [0.717, 1.165) is 16.1 Å². The normalized spacial score (nSPS) is 28.9. The third kappa shape index (κ3) is 1.34. The minimum absolute atomic E-state index is 0.567. The van der Waals surface area contributed by atoms with Gasteiger partial charge in [0.05, 0.1) is 10.7 Å². The molecule has 1 aliphatic carbocycles. The molecule has 0 amide bonds. The molecular weight excluding hydrogens is 227 g/mol. The zero-order valence-corrected chi connectivity index (χ0v) is 8.23. The molecule has 1 fully saturated rings. The summed E-state index contributed by atoms with van der Waals surface area (Å²) < 4.78 is 6.39. The molecule has 60 valence electrons. The largest absolute Gasteiger partial charge is 0.468 e. The minimum Gasteiger partial charge on any atom is -0.468 e. The van der Waals surface area contributed by atoms with E-state index in [4.69, 9.17) is 16.0 Å². The van der Waals surface area contributed by atoms with E-state index in [1.807, 2.05) is 6.07 Å². The van der Waals surface area contributed by atoms with Gasteiger partial charge in [-0.1, -0.05) is 0 Å². The van der Waals surface area contributed by atoms with E-state index in [-0.39, 0.29) is 0 Å². The average Bonchev–Trinajstić information content (AvgIpc) is 2.68. The van der Waals surface area contributed by atoms with Crippen LogP contribution in [0.2, 0.25) is 0 Å². The van der Waals surface area contributed by atoms with Crippen molar-refractivity contribution in [3.8, 4) is 0 Å². The van der Waals surface area contributed by atoms with Crippen LogP contribution in [0.25, 0.3) is 0 Å². The molecule has 1 saturated carbocycles. The van der Waals surface area contributed by atoms with Crippen molar-refractivity contribution in [1.29, 1.82) is 0 Å². The van der Waals surface area contributed by atoms with Crippen molar-refractivity contribution >= 4 is 27.5 Å². The molecule has 0 aromatic carbocycles. The lowest BCUT2D eigenvalue weighted by Crippen LogP contribution is -1.81. The van der Waals surface area contributed by atoms with E-state index in [0.29, 0.717) is 11.8 Å². The number of furan rings is 1. The molecule has 1 aromatic rings. The maximum Gasteiger partial charge on any atom is 0.121 e. The van der Waals surface area contributed by atoms with Gasteiger partial charge in [-0.3, -0.25) is 0 Å². The summed E-state index contributed by atoms with van der Waals surface area (Å²) in [4.78, 5) is 0. The van der Waals surface area contributed by atoms with Crippen LogP contribution in [-0.4, -0.2) is 5.88 Å². The summed E-state index contributed by atoms with van der Waals surface area (Å²) in [5, 5.41) is 0. The number of rotatable bonds is 2. The predicted molar refractivity (Wildman–Crippen MR) is 48.0 cm³/mol. The Morgan fingerprint density at radius 1 is 1.73 bits per heavy atom. The molecule has 1 aliphatic rings. The molecule has 0 spiro atoms. The smallest absolute Gasteiger partial charge is 0.121 e. The summed E-state index contributed by atoms with van der Waals surface area (Å²) in [5.74, 6) is 3.02. The molecule has 0 saturated heterocycles. The van der Waals surface area contributed by atoms with Crippen molar-refractivity contribution in [1.82, 2.24) is 0 Å². The summed E-state index contributed by atoms with van der Waals surface area (Å²) in [5.41, 5.74) is 0. The van der Waals surface area contributed by atoms with Gasteiger partial charge < -0.3 is 4.42 Å². The molecule has 0 aliphatic heterocycles. The number of hydrogen-bond acceptors (Lipinski definition) is 1. The molecule has 2 rings (SSSR count). The van der Waals surface area contributed by atoms with Gasteiger partial charge in [0.15, 0.2) is 0 Å². The van der Waals surface area contributed by atoms with Gasteiger partial charge in [0.25, 0.3) is 0 Å². The van der Waals surface area contributed by atoms with Gasteiger partial charge in [0, 0.05) is 11.8 Å². The van der Waals surface area contributed by atoms with Crippen LogP contribution in [0.5, 0.6) is 0 Å². The Kier molecular flexibility index (Phi) is 1.98. The van der Waals surface area contributed by atoms with Crippen molar-refractivity contribution in [2.75, 3.05) is 5.88 Å². The Hall–Kier alpha value is 0.0500. The Labute approximate surface area is 78.9 Å². The van der Waals surface area contributed by atoms with Crippen molar-refractivity contribution in [2.24, 2.45) is 5.92 Å². The van der Waals surface area contributed by atoms with E-state index < -0.39 is 0 Å². The topological polar surface area (TPSA) is 13.1 Å². The second-order valence-electron chi connectivity index (χ2n) is 2.89. The van der Waals surface area contributed by atoms with Gasteiger partial charge in [0.2, 0.25) is 0 Å². The third-order valence-electron chi connectivity index (χ3n) is 2.10. The highest BCUT2D eigenvalue weighted by Gasteiger charge is 2.40. The van der Waals surface area contributed by atoms with E-state index >= 15 is 0 Å². The van der Waals surface area contributed by atoms with Crippen LogP contribution in [0.4, 0.5) is 0 Å². The number of halogens is 2. The first-order valence-electron chi connectivity index (χ1n) is 3.61. The Morgan fingerprint density at radius 2 is 2.55 bits per heavy atom. The number of hydrogen-bond donors (Lipinski definition) is 0. The zero-order valence-electron chi connectivity index (χ0n) is 5.89. The van der Waals surface area contributed by atoms with Crippen LogP contribution >= 0.6 is 27.5 Å². The van der Waals surface area contributed by atoms with Gasteiger partial charge in [0.1, 0.15) is 5.76 Å². The Bertz CT molecular complexity index is 258. The number of alkyl halides is 1. The van der Waals surface area contributed by atoms with E-state index in [9.17, 15) is 0 Å². The molecule has 1 heterocycles. The molecule has 2 unspecified atom stereocenters. The molecule has 3 heteroatoms. The molecule has 1 nitrogen and oxygen atoms in total. The van der Waals surface area contributed by atoms with Gasteiger partial charge in [-0.2, -0.15) is 0 Å². The summed E-state index contributed by atoms with van der Waals surface area (Å²) >= 11 is 9.13. The molecule has 11 heavy (non-hydrogen) atoms. The van der Waals surface area contributed by atoms with Gasteiger partial charge >= 0.3 is 0 Å². The highest BCUT2D eigenvalue weighted by Crippen LogP contribution is 2.50. The van der Waals surface area contributed by atoms with E-state index in [1.165, 1.54) is 6.42 Å². The van der Waals surface area contributed by atoms with Crippen molar-refractivity contribution in [2.45, 2.75) is 12.3 Å². The Balaban J connectivity index is 2.14. The first-order chi connectivity index (χ1) is 5.33. The highest BCUT2D eigenvalue weighted by molar-refractivity contribution is 9.10. The Morgan fingerprint density at radius 3 is 3.00 bits per heavy atom. The average molecular weight is 236 g/mol. The second kappa shape index (κ2) is 2.83. The van der Waals surface area contributed by atoms with Gasteiger partial charge in [-0.05, 0) is 34.3 Å². The fourth-order valence-corrected chi connectivity index (χ4v) is 2.15. The molecule has 2 atom stereocenters. The van der Waals surface area contributed by atoms with Crippen LogP contribution in [0, 0.1) is 5.92 Å². The molecular formula is C8H8BrClO. The maximum absolute atomic E-state index is 5.71. The van der Waals surface area contributed by atoms with Crippen LogP contribution in [-0.2, 0) is 0 Å². The van der Waals surface area contributed by atoms with Crippen LogP contribution < -0.4 is 0 Å². The zero-order chi connectivity index (χ0) is 7.84. The van der Waals surface area contributed by atoms with Crippen LogP contribution in [0.15, 0.2) is 21.2 Å². The van der Waals surface area contributed by atoms with E-state index in [2.05, 4.69) is 15.9 Å². The lowest BCUT2D eigenvalue weighted by molar-refractivity contribution is 0.504. The minimum atomic E-state index is 0.567. The molecule has 1 aromatic heterocycles. The predicted octanol–water partition coefficient (Wildman–Crippen LogP) is 3.38. The third-order valence-corrected chi connectivity index (χ3v) is 3.15. The van der Waals surface area contributed by atoms with E-state index in [1.54, 1.807) is 6.26 Å². The maximum atomic E-state index is 5.71. The summed E-state index contributed by atoms with van der Waals surface area (Å²) in [6, 6.07) is 1.93. The van der Waals surface area contributed by atoms with Crippen LogP contribution in [0.1, 0.15) is 18.1 Å². The summed E-state index contributed by atoms with van der Waals surface area (Å²) in [7, 11) is 0. The monoisotopic (exact) mass is 234 g/mol. The quantitative estimate of drug-likeness (QED) is 0.716. The molecule has 0 radical (unpaired) electrons. The second-order valence-corrected chi connectivity index (χ2v) is 4.05. The first-order valence-corrected chi connectivity index (χ1v) is 4.94. The standard InChI is InChI=1S/C8H8BrClO/c9-7-1-2-11-8(7)6-3-5(6)4-10/h1-2,5-6H,3-4H2. The SMILES string of the molecule is ClCC1CC1c1occc1Br. The van der Waals surface area contributed by atoms with Crippen LogP contribution in [0.3, 0.4) is 0 Å².